The summed E-state index contributed by atoms with van der Waals surface area (Å²) in [6.45, 7) is 1.44. The van der Waals surface area contributed by atoms with Crippen LogP contribution in [0.25, 0.3) is 0 Å². The third kappa shape index (κ3) is 3.18. The minimum Gasteiger partial charge on any atom is -0.383 e. The van der Waals surface area contributed by atoms with Gasteiger partial charge in [0.15, 0.2) is 0 Å². The Kier molecular flexibility index (Phi) is 4.57. The first-order chi connectivity index (χ1) is 6.33. The second-order valence-electron chi connectivity index (χ2n) is 3.27. The molecule has 0 aromatic carbocycles. The second-order valence-corrected chi connectivity index (χ2v) is 4.37. The predicted octanol–water partition coefficient (Wildman–Crippen LogP) is 1.01. The van der Waals surface area contributed by atoms with E-state index in [2.05, 4.69) is 11.4 Å². The molecule has 13 heavy (non-hydrogen) atoms. The van der Waals surface area contributed by atoms with Crippen LogP contribution in [0.2, 0.25) is 0 Å². The van der Waals surface area contributed by atoms with Gasteiger partial charge in [-0.05, 0) is 18.6 Å². The average molecular weight is 200 g/mol. The highest BCUT2D eigenvalue weighted by Crippen LogP contribution is 2.25. The van der Waals surface area contributed by atoms with E-state index in [1.54, 1.807) is 7.11 Å². The molecule has 1 N–H and O–H groups in total. The molecule has 1 saturated heterocycles. The molecule has 1 rings (SSSR count). The van der Waals surface area contributed by atoms with Crippen LogP contribution >= 0.6 is 11.8 Å². The highest BCUT2D eigenvalue weighted by molar-refractivity contribution is 7.99. The van der Waals surface area contributed by atoms with E-state index < -0.39 is 0 Å². The molecule has 0 aliphatic carbocycles. The van der Waals surface area contributed by atoms with Crippen LogP contribution in [-0.2, 0) is 4.74 Å². The van der Waals surface area contributed by atoms with E-state index in [1.165, 1.54) is 5.75 Å². The van der Waals surface area contributed by atoms with Crippen molar-refractivity contribution in [2.45, 2.75) is 18.4 Å². The molecule has 1 fully saturated rings. The summed E-state index contributed by atoms with van der Waals surface area (Å²) in [7, 11) is 1.68. The summed E-state index contributed by atoms with van der Waals surface area (Å²) in [5, 5.41) is 12.4. The van der Waals surface area contributed by atoms with Crippen LogP contribution in [0.5, 0.6) is 0 Å². The summed E-state index contributed by atoms with van der Waals surface area (Å²) in [4.78, 5) is 0. The molecule has 1 heterocycles. The zero-order valence-corrected chi connectivity index (χ0v) is 8.82. The lowest BCUT2D eigenvalue weighted by Crippen LogP contribution is -2.49. The van der Waals surface area contributed by atoms with E-state index in [0.717, 1.165) is 25.1 Å². The average Bonchev–Trinajstić information content (AvgIpc) is 2.20. The van der Waals surface area contributed by atoms with Crippen molar-refractivity contribution in [1.29, 1.82) is 5.26 Å². The Hall–Kier alpha value is -0.240. The number of methoxy groups -OCH3 is 1. The van der Waals surface area contributed by atoms with Gasteiger partial charge < -0.3 is 4.74 Å². The van der Waals surface area contributed by atoms with Gasteiger partial charge in [0.05, 0.1) is 12.7 Å². The first-order valence-corrected chi connectivity index (χ1v) is 5.71. The molecule has 1 unspecified atom stereocenters. The summed E-state index contributed by atoms with van der Waals surface area (Å²) in [5.74, 6) is 2.10. The maximum atomic E-state index is 9.07. The van der Waals surface area contributed by atoms with E-state index >= 15 is 0 Å². The largest absolute Gasteiger partial charge is 0.383 e. The minimum atomic E-state index is -0.290. The fourth-order valence-electron chi connectivity index (χ4n) is 1.45. The Balaban J connectivity index is 2.35. The molecule has 3 nitrogen and oxygen atoms in total. The molecule has 74 valence electrons. The Morgan fingerprint density at radius 3 is 3.08 bits per heavy atom. The normalized spacial score (nSPS) is 28.3. The third-order valence-corrected chi connectivity index (χ3v) is 3.50. The van der Waals surface area contributed by atoms with Gasteiger partial charge in [-0.1, -0.05) is 0 Å². The van der Waals surface area contributed by atoms with Gasteiger partial charge in [-0.25, -0.2) is 0 Å². The van der Waals surface area contributed by atoms with E-state index in [4.69, 9.17) is 10.00 Å². The number of nitriles is 1. The van der Waals surface area contributed by atoms with Gasteiger partial charge in [0.2, 0.25) is 0 Å². The molecule has 0 saturated carbocycles. The maximum absolute atomic E-state index is 9.07. The van der Waals surface area contributed by atoms with E-state index in [-0.39, 0.29) is 5.54 Å². The maximum Gasteiger partial charge on any atom is 0.115 e. The molecule has 0 amide bonds. The Bertz CT molecular complexity index is 185. The summed E-state index contributed by atoms with van der Waals surface area (Å²) < 4.78 is 4.94. The van der Waals surface area contributed by atoms with Crippen molar-refractivity contribution in [2.24, 2.45) is 0 Å². The number of hydrogen-bond donors (Lipinski definition) is 1. The zero-order valence-electron chi connectivity index (χ0n) is 8.01. The molecule has 4 heteroatoms. The number of thioether (sulfide) groups is 1. The number of hydrogen-bond acceptors (Lipinski definition) is 4. The Morgan fingerprint density at radius 1 is 1.69 bits per heavy atom. The number of nitrogens with one attached hydrogen (secondary N) is 1. The lowest BCUT2D eigenvalue weighted by Gasteiger charge is -2.31. The molecule has 1 atom stereocenters. The van der Waals surface area contributed by atoms with Crippen molar-refractivity contribution >= 4 is 11.8 Å². The van der Waals surface area contributed by atoms with Gasteiger partial charge in [0.1, 0.15) is 5.54 Å². The lowest BCUT2D eigenvalue weighted by molar-refractivity contribution is 0.191. The molecule has 0 bridgehead atoms. The van der Waals surface area contributed by atoms with Gasteiger partial charge in [0, 0.05) is 19.4 Å². The predicted molar refractivity (Wildman–Crippen MR) is 54.8 cm³/mol. The van der Waals surface area contributed by atoms with Crippen LogP contribution in [0.15, 0.2) is 0 Å². The summed E-state index contributed by atoms with van der Waals surface area (Å²) in [6, 6.07) is 2.39. The number of nitrogens with zero attached hydrogens (tertiary/aromatic N) is 1. The first-order valence-electron chi connectivity index (χ1n) is 4.56. The molecule has 0 aromatic heterocycles. The van der Waals surface area contributed by atoms with Gasteiger partial charge in [-0.3, -0.25) is 5.32 Å². The standard InChI is InChI=1S/C9H16N2OS/c1-12-5-4-11-9(7-10)3-2-6-13-8-9/h11H,2-6,8H2,1H3. The van der Waals surface area contributed by atoms with Gasteiger partial charge >= 0.3 is 0 Å². The van der Waals surface area contributed by atoms with Crippen LogP contribution in [0.3, 0.4) is 0 Å². The SMILES string of the molecule is COCCNC1(C#N)CCCSC1. The van der Waals surface area contributed by atoms with Crippen molar-refractivity contribution < 1.29 is 4.74 Å². The molecule has 0 spiro atoms. The smallest absolute Gasteiger partial charge is 0.115 e. The van der Waals surface area contributed by atoms with E-state index in [9.17, 15) is 0 Å². The first kappa shape index (κ1) is 10.8. The topological polar surface area (TPSA) is 45.0 Å². The fraction of sp³-hybridized carbons (Fsp3) is 0.889. The van der Waals surface area contributed by atoms with Crippen LogP contribution < -0.4 is 5.32 Å². The van der Waals surface area contributed by atoms with E-state index in [1.807, 2.05) is 11.8 Å². The fourth-order valence-corrected chi connectivity index (χ4v) is 2.61. The summed E-state index contributed by atoms with van der Waals surface area (Å²) in [6.07, 6.45) is 2.11. The molecule has 0 radical (unpaired) electrons. The van der Waals surface area contributed by atoms with Crippen molar-refractivity contribution in [3.8, 4) is 6.07 Å². The number of rotatable bonds is 4. The molecule has 1 aliphatic rings. The highest BCUT2D eigenvalue weighted by Gasteiger charge is 2.31. The van der Waals surface area contributed by atoms with Crippen molar-refractivity contribution in [3.63, 3.8) is 0 Å². The molecule has 1 aliphatic heterocycles. The van der Waals surface area contributed by atoms with Crippen molar-refractivity contribution in [1.82, 2.24) is 5.32 Å². The highest BCUT2D eigenvalue weighted by atomic mass is 32.2. The van der Waals surface area contributed by atoms with Crippen LogP contribution in [0.1, 0.15) is 12.8 Å². The van der Waals surface area contributed by atoms with Crippen LogP contribution in [0, 0.1) is 11.3 Å². The van der Waals surface area contributed by atoms with E-state index in [0.29, 0.717) is 6.61 Å². The molecular weight excluding hydrogens is 184 g/mol. The minimum absolute atomic E-state index is 0.290. The lowest BCUT2D eigenvalue weighted by atomic mass is 9.97. The zero-order chi connectivity index (χ0) is 9.57. The van der Waals surface area contributed by atoms with Crippen LogP contribution in [-0.4, -0.2) is 37.3 Å². The number of ether oxygens (including phenoxy) is 1. The third-order valence-electron chi connectivity index (χ3n) is 2.22. The second kappa shape index (κ2) is 5.48. The van der Waals surface area contributed by atoms with Crippen molar-refractivity contribution in [3.05, 3.63) is 0 Å². The monoisotopic (exact) mass is 200 g/mol. The van der Waals surface area contributed by atoms with Gasteiger partial charge in [0.25, 0.3) is 0 Å². The van der Waals surface area contributed by atoms with Crippen molar-refractivity contribution in [2.75, 3.05) is 31.8 Å². The summed E-state index contributed by atoms with van der Waals surface area (Å²) >= 11 is 1.86. The van der Waals surface area contributed by atoms with Gasteiger partial charge in [-0.15, -0.1) is 0 Å². The Labute approximate surface area is 83.8 Å². The molecular formula is C9H16N2OS. The van der Waals surface area contributed by atoms with Crippen LogP contribution in [0.4, 0.5) is 0 Å². The quantitative estimate of drug-likeness (QED) is 0.688. The Morgan fingerprint density at radius 2 is 2.54 bits per heavy atom. The summed E-state index contributed by atoms with van der Waals surface area (Å²) in [5.41, 5.74) is -0.290. The van der Waals surface area contributed by atoms with Gasteiger partial charge in [-0.2, -0.15) is 17.0 Å². The molecule has 0 aromatic rings.